The molecule has 9 heteroatoms. The van der Waals surface area contributed by atoms with Crippen LogP contribution in [0.3, 0.4) is 0 Å². The van der Waals surface area contributed by atoms with Gasteiger partial charge in [-0.15, -0.1) is 0 Å². The molecule has 0 aliphatic carbocycles. The second-order valence-electron chi connectivity index (χ2n) is 6.28. The summed E-state index contributed by atoms with van der Waals surface area (Å²) in [7, 11) is 2.31. The largest absolute Gasteiger partial charge is 0.367 e. The van der Waals surface area contributed by atoms with Gasteiger partial charge >= 0.3 is 0 Å². The van der Waals surface area contributed by atoms with Gasteiger partial charge in [-0.05, 0) is 44.0 Å². The van der Waals surface area contributed by atoms with E-state index >= 15 is 0 Å². The highest BCUT2D eigenvalue weighted by atomic mass is 16.5. The van der Waals surface area contributed by atoms with Crippen molar-refractivity contribution in [1.82, 2.24) is 15.1 Å². The minimum Gasteiger partial charge on any atom is -0.367 e. The van der Waals surface area contributed by atoms with Crippen molar-refractivity contribution >= 4 is 17.7 Å². The molecule has 3 N–H and O–H groups in total. The van der Waals surface area contributed by atoms with Crippen molar-refractivity contribution in [3.05, 3.63) is 52.9 Å². The van der Waals surface area contributed by atoms with Gasteiger partial charge in [0.05, 0.1) is 0 Å². The predicted octanol–water partition coefficient (Wildman–Crippen LogP) is 0.546. The first-order valence-electron chi connectivity index (χ1n) is 8.18. The van der Waals surface area contributed by atoms with Crippen molar-refractivity contribution in [2.75, 3.05) is 14.1 Å². The van der Waals surface area contributed by atoms with E-state index in [4.69, 9.17) is 10.3 Å². The zero-order chi connectivity index (χ0) is 21.1. The maximum Gasteiger partial charge on any atom is 0.281 e. The van der Waals surface area contributed by atoms with Gasteiger partial charge in [0.25, 0.3) is 17.7 Å². The Hall–Kier alpha value is -3.64. The average Bonchev–Trinajstić information content (AvgIpc) is 3.09. The van der Waals surface area contributed by atoms with Crippen LogP contribution in [0.5, 0.6) is 0 Å². The topological polar surface area (TPSA) is 130 Å². The molecule has 0 fully saturated rings. The Labute approximate surface area is 161 Å². The summed E-state index contributed by atoms with van der Waals surface area (Å²) < 4.78 is 4.93. The fourth-order valence-electron chi connectivity index (χ4n) is 2.38. The summed E-state index contributed by atoms with van der Waals surface area (Å²) in [5.41, 5.74) is 4.60. The van der Waals surface area contributed by atoms with Crippen LogP contribution in [-0.4, -0.2) is 57.7 Å². The third-order valence-electron chi connectivity index (χ3n) is 4.26. The predicted molar refractivity (Wildman–Crippen MR) is 97.9 cm³/mol. The van der Waals surface area contributed by atoms with E-state index in [0.717, 1.165) is 11.9 Å². The van der Waals surface area contributed by atoms with Crippen LogP contribution in [-0.2, 0) is 9.59 Å². The van der Waals surface area contributed by atoms with Crippen molar-refractivity contribution in [2.45, 2.75) is 19.4 Å². The van der Waals surface area contributed by atoms with Gasteiger partial charge in [0.15, 0.2) is 11.2 Å². The standard InChI is InChI=1S/C19H20N4O5/c1-12-11-15(21-28-12)10-7-13-5-8-14(9-6-13)16(24)22(3)19(2,17(20)25)18(26)23(4)27/h5-6,8-9,11,27H,1-4H3,(H2,20,25). The molecule has 146 valence electrons. The molecular formula is C19H20N4O5. The summed E-state index contributed by atoms with van der Waals surface area (Å²) in [4.78, 5) is 37.7. The Balaban J connectivity index is 2.25. The average molecular weight is 384 g/mol. The number of likely N-dealkylation sites (N-methyl/N-ethyl adjacent to an activating group) is 2. The Kier molecular flexibility index (Phi) is 5.86. The lowest BCUT2D eigenvalue weighted by Crippen LogP contribution is -2.64. The first kappa shape index (κ1) is 20.7. The zero-order valence-electron chi connectivity index (χ0n) is 15.9. The Morgan fingerprint density at radius 3 is 2.25 bits per heavy atom. The van der Waals surface area contributed by atoms with Crippen LogP contribution in [0.25, 0.3) is 0 Å². The number of aryl methyl sites for hydroxylation is 1. The molecule has 2 aromatic rings. The van der Waals surface area contributed by atoms with Crippen LogP contribution in [0.15, 0.2) is 34.9 Å². The third-order valence-corrected chi connectivity index (χ3v) is 4.26. The summed E-state index contributed by atoms with van der Waals surface area (Å²) >= 11 is 0. The Morgan fingerprint density at radius 1 is 1.18 bits per heavy atom. The van der Waals surface area contributed by atoms with Gasteiger partial charge in [0.1, 0.15) is 5.76 Å². The van der Waals surface area contributed by atoms with Crippen LogP contribution in [0.4, 0.5) is 0 Å². The molecule has 0 aliphatic heterocycles. The molecule has 2 rings (SSSR count). The number of hydrogen-bond donors (Lipinski definition) is 2. The van der Waals surface area contributed by atoms with E-state index in [1.807, 2.05) is 0 Å². The zero-order valence-corrected chi connectivity index (χ0v) is 15.9. The summed E-state index contributed by atoms with van der Waals surface area (Å²) in [5, 5.41) is 13.4. The fourth-order valence-corrected chi connectivity index (χ4v) is 2.38. The number of nitrogens with zero attached hydrogens (tertiary/aromatic N) is 3. The second kappa shape index (κ2) is 7.94. The quantitative estimate of drug-likeness (QED) is 0.343. The number of primary amides is 1. The van der Waals surface area contributed by atoms with E-state index in [-0.39, 0.29) is 10.6 Å². The number of amides is 3. The van der Waals surface area contributed by atoms with E-state index in [2.05, 4.69) is 17.0 Å². The van der Waals surface area contributed by atoms with Crippen molar-refractivity contribution in [3.8, 4) is 11.8 Å². The van der Waals surface area contributed by atoms with Gasteiger partial charge in [0.2, 0.25) is 0 Å². The highest BCUT2D eigenvalue weighted by Crippen LogP contribution is 2.19. The fraction of sp³-hybridized carbons (Fsp3) is 0.263. The van der Waals surface area contributed by atoms with Crippen LogP contribution in [0.1, 0.15) is 34.3 Å². The first-order valence-corrected chi connectivity index (χ1v) is 8.18. The summed E-state index contributed by atoms with van der Waals surface area (Å²) in [6.07, 6.45) is 0. The van der Waals surface area contributed by atoms with Gasteiger partial charge in [-0.1, -0.05) is 11.1 Å². The third kappa shape index (κ3) is 4.02. The lowest BCUT2D eigenvalue weighted by Gasteiger charge is -2.35. The number of hydrogen-bond acceptors (Lipinski definition) is 6. The van der Waals surface area contributed by atoms with Gasteiger partial charge in [-0.2, -0.15) is 0 Å². The molecule has 1 aromatic heterocycles. The number of benzene rings is 1. The van der Waals surface area contributed by atoms with Gasteiger partial charge in [-0.3, -0.25) is 19.6 Å². The molecule has 0 saturated heterocycles. The molecule has 9 nitrogen and oxygen atoms in total. The number of nitrogens with two attached hydrogens (primary N) is 1. The molecule has 28 heavy (non-hydrogen) atoms. The molecule has 1 aromatic carbocycles. The van der Waals surface area contributed by atoms with E-state index in [1.165, 1.54) is 26.1 Å². The van der Waals surface area contributed by atoms with Gasteiger partial charge in [-0.25, -0.2) is 5.06 Å². The molecule has 0 radical (unpaired) electrons. The minimum absolute atomic E-state index is 0.214. The second-order valence-corrected chi connectivity index (χ2v) is 6.28. The summed E-state index contributed by atoms with van der Waals surface area (Å²) in [6, 6.07) is 7.93. The van der Waals surface area contributed by atoms with Crippen LogP contribution in [0, 0.1) is 18.8 Å². The van der Waals surface area contributed by atoms with Crippen molar-refractivity contribution in [2.24, 2.45) is 5.73 Å². The van der Waals surface area contributed by atoms with Gasteiger partial charge in [0, 0.05) is 31.3 Å². The minimum atomic E-state index is -2.05. The normalized spacial score (nSPS) is 12.3. The molecule has 0 aliphatic rings. The number of carbonyl (C=O) groups excluding carboxylic acids is 3. The van der Waals surface area contributed by atoms with Crippen molar-refractivity contribution in [1.29, 1.82) is 0 Å². The summed E-state index contributed by atoms with van der Waals surface area (Å²) in [6.45, 7) is 2.93. The number of hydroxylamine groups is 2. The lowest BCUT2D eigenvalue weighted by atomic mass is 9.96. The monoisotopic (exact) mass is 384 g/mol. The number of aromatic nitrogens is 1. The molecule has 1 heterocycles. The lowest BCUT2D eigenvalue weighted by molar-refractivity contribution is -0.172. The molecule has 0 saturated carbocycles. The van der Waals surface area contributed by atoms with E-state index in [1.54, 1.807) is 25.1 Å². The van der Waals surface area contributed by atoms with Crippen LogP contribution < -0.4 is 5.73 Å². The smallest absolute Gasteiger partial charge is 0.281 e. The molecular weight excluding hydrogens is 364 g/mol. The van der Waals surface area contributed by atoms with Gasteiger partial charge < -0.3 is 15.2 Å². The van der Waals surface area contributed by atoms with E-state index in [9.17, 15) is 19.6 Å². The van der Waals surface area contributed by atoms with Crippen molar-refractivity contribution in [3.63, 3.8) is 0 Å². The van der Waals surface area contributed by atoms with Crippen molar-refractivity contribution < 1.29 is 24.1 Å². The van der Waals surface area contributed by atoms with E-state index < -0.39 is 23.3 Å². The first-order chi connectivity index (χ1) is 13.1. The highest BCUT2D eigenvalue weighted by molar-refractivity contribution is 6.12. The molecule has 0 bridgehead atoms. The summed E-state index contributed by atoms with van der Waals surface area (Å²) in [5.74, 6) is 3.64. The number of carbonyl (C=O) groups is 3. The maximum atomic E-state index is 12.7. The maximum absolute atomic E-state index is 12.7. The Bertz CT molecular complexity index is 968. The molecule has 1 atom stereocenters. The molecule has 0 spiro atoms. The van der Waals surface area contributed by atoms with Crippen LogP contribution in [0.2, 0.25) is 0 Å². The van der Waals surface area contributed by atoms with Crippen LogP contribution >= 0.6 is 0 Å². The Morgan fingerprint density at radius 2 is 1.79 bits per heavy atom. The van der Waals surface area contributed by atoms with E-state index in [0.29, 0.717) is 17.0 Å². The number of rotatable bonds is 4. The molecule has 3 amide bonds. The SMILES string of the molecule is Cc1cc(C#Cc2ccc(C(=O)N(C)C(C)(C(N)=O)C(=O)N(C)O)cc2)no1. The highest BCUT2D eigenvalue weighted by Gasteiger charge is 2.47. The molecule has 1 unspecified atom stereocenters.